The van der Waals surface area contributed by atoms with E-state index in [1.165, 1.54) is 0 Å². The Bertz CT molecular complexity index is 457. The lowest BCUT2D eigenvalue weighted by Crippen LogP contribution is -2.28. The summed E-state index contributed by atoms with van der Waals surface area (Å²) in [6.45, 7) is 2.27. The van der Waals surface area contributed by atoms with Gasteiger partial charge in [0.15, 0.2) is 5.78 Å². The molecule has 1 aliphatic heterocycles. The van der Waals surface area contributed by atoms with E-state index in [1.807, 2.05) is 81.6 Å². The molecule has 0 spiro atoms. The number of hydrogen-bond donors (Lipinski definition) is 0. The summed E-state index contributed by atoms with van der Waals surface area (Å²) in [6.07, 6.45) is 11.0. The van der Waals surface area contributed by atoms with Gasteiger partial charge in [0.2, 0.25) is 0 Å². The highest BCUT2D eigenvalue weighted by Gasteiger charge is 2.26. The van der Waals surface area contributed by atoms with Gasteiger partial charge in [0.25, 0.3) is 0 Å². The normalized spacial score (nSPS) is 24.2. The van der Waals surface area contributed by atoms with Crippen LogP contribution in [0, 0.1) is 0 Å². The highest BCUT2D eigenvalue weighted by molar-refractivity contribution is 6.10. The van der Waals surface area contributed by atoms with Gasteiger partial charge in [-0.1, -0.05) is 12.2 Å². The molecule has 0 amide bonds. The van der Waals surface area contributed by atoms with E-state index in [0.717, 1.165) is 0 Å². The van der Waals surface area contributed by atoms with Gasteiger partial charge in [-0.2, -0.15) is 0 Å². The van der Waals surface area contributed by atoms with Crippen molar-refractivity contribution in [1.82, 2.24) is 9.80 Å². The Morgan fingerprint density at radius 3 is 2.15 bits per heavy atom. The van der Waals surface area contributed by atoms with Crippen LogP contribution >= 0.6 is 0 Å². The fraction of sp³-hybridized carbons (Fsp3) is 0.438. The van der Waals surface area contributed by atoms with Crippen molar-refractivity contribution in [2.75, 3.05) is 34.8 Å². The van der Waals surface area contributed by atoms with Gasteiger partial charge in [-0.15, -0.1) is 0 Å². The first-order valence-corrected chi connectivity index (χ1v) is 6.66. The molecule has 0 aliphatic carbocycles. The number of allylic oxidation sites excluding steroid dienone is 4. The Hall–Kier alpha value is -1.81. The molecule has 1 aliphatic rings. The topological polar surface area (TPSA) is 32.8 Å². The van der Waals surface area contributed by atoms with Crippen LogP contribution in [0.25, 0.3) is 0 Å². The molecule has 0 radical (unpaired) electrons. The first kappa shape index (κ1) is 16.2. The van der Waals surface area contributed by atoms with Crippen LogP contribution in [0.5, 0.6) is 0 Å². The third kappa shape index (κ3) is 5.05. The van der Waals surface area contributed by atoms with E-state index in [-0.39, 0.29) is 11.9 Å². The van der Waals surface area contributed by atoms with Crippen molar-refractivity contribution in [3.8, 4) is 0 Å². The fourth-order valence-corrected chi connectivity index (χ4v) is 1.73. The second kappa shape index (κ2) is 7.70. The van der Waals surface area contributed by atoms with Crippen LogP contribution in [0.15, 0.2) is 47.9 Å². The second-order valence-electron chi connectivity index (χ2n) is 5.21. The molecular weight excluding hydrogens is 252 g/mol. The summed E-state index contributed by atoms with van der Waals surface area (Å²) in [7, 11) is 7.76. The lowest BCUT2D eigenvalue weighted by Gasteiger charge is -2.23. The van der Waals surface area contributed by atoms with E-state index in [2.05, 4.69) is 0 Å². The Kier molecular flexibility index (Phi) is 6.25. The smallest absolute Gasteiger partial charge is 0.189 e. The van der Waals surface area contributed by atoms with Gasteiger partial charge in [0.1, 0.15) is 0 Å². The molecule has 110 valence electrons. The zero-order valence-electron chi connectivity index (χ0n) is 13.0. The molecule has 0 aromatic rings. The SMILES string of the molecule is CC1OC/C(=C\C=C/N(C)C)C(=O)/C1=C/C=C\N(C)C. The Balaban J connectivity index is 2.87. The van der Waals surface area contributed by atoms with Crippen LogP contribution in [0.2, 0.25) is 0 Å². The molecule has 1 saturated heterocycles. The van der Waals surface area contributed by atoms with Gasteiger partial charge in [-0.25, -0.2) is 0 Å². The quantitative estimate of drug-likeness (QED) is 0.735. The zero-order chi connectivity index (χ0) is 15.1. The minimum atomic E-state index is -0.163. The van der Waals surface area contributed by atoms with E-state index >= 15 is 0 Å². The number of Topliss-reactive ketones (excluding diaryl/α,β-unsaturated/α-hetero) is 1. The molecule has 4 nitrogen and oxygen atoms in total. The third-order valence-electron chi connectivity index (χ3n) is 2.82. The van der Waals surface area contributed by atoms with Gasteiger partial charge in [0, 0.05) is 39.3 Å². The van der Waals surface area contributed by atoms with Crippen LogP contribution in [0.4, 0.5) is 0 Å². The van der Waals surface area contributed by atoms with Crippen LogP contribution in [-0.2, 0) is 9.53 Å². The standard InChI is InChI=1S/C16H24N2O2/c1-13-15(9-7-11-18(4)5)16(19)14(12-20-13)8-6-10-17(2)3/h6-11,13H,12H2,1-5H3/b10-6-,11-7-,14-8+,15-9+. The molecule has 0 bridgehead atoms. The van der Waals surface area contributed by atoms with Crippen molar-refractivity contribution < 1.29 is 9.53 Å². The Labute approximate surface area is 121 Å². The van der Waals surface area contributed by atoms with E-state index in [4.69, 9.17) is 4.74 Å². The minimum Gasteiger partial charge on any atom is -0.383 e. The molecule has 0 saturated carbocycles. The summed E-state index contributed by atoms with van der Waals surface area (Å²) < 4.78 is 5.64. The monoisotopic (exact) mass is 276 g/mol. The first-order chi connectivity index (χ1) is 9.41. The molecule has 0 N–H and O–H groups in total. The van der Waals surface area contributed by atoms with Crippen molar-refractivity contribution in [2.24, 2.45) is 0 Å². The van der Waals surface area contributed by atoms with Gasteiger partial charge in [-0.3, -0.25) is 4.79 Å². The predicted octanol–water partition coefficient (Wildman–Crippen LogP) is 1.98. The van der Waals surface area contributed by atoms with Crippen LogP contribution in [-0.4, -0.2) is 56.5 Å². The first-order valence-electron chi connectivity index (χ1n) is 6.66. The van der Waals surface area contributed by atoms with Crippen LogP contribution in [0.1, 0.15) is 6.92 Å². The van der Waals surface area contributed by atoms with Gasteiger partial charge in [-0.05, 0) is 31.5 Å². The van der Waals surface area contributed by atoms with E-state index < -0.39 is 0 Å². The van der Waals surface area contributed by atoms with Crippen molar-refractivity contribution in [1.29, 1.82) is 0 Å². The molecule has 0 aromatic carbocycles. The lowest BCUT2D eigenvalue weighted by atomic mass is 9.96. The molecule has 1 fully saturated rings. The highest BCUT2D eigenvalue weighted by Crippen LogP contribution is 2.20. The van der Waals surface area contributed by atoms with Crippen molar-refractivity contribution in [2.45, 2.75) is 13.0 Å². The summed E-state index contributed by atoms with van der Waals surface area (Å²) in [5, 5.41) is 0. The van der Waals surface area contributed by atoms with Crippen molar-refractivity contribution >= 4 is 5.78 Å². The molecule has 1 heterocycles. The summed E-state index contributed by atoms with van der Waals surface area (Å²) in [5.41, 5.74) is 1.38. The van der Waals surface area contributed by atoms with Crippen molar-refractivity contribution in [3.63, 3.8) is 0 Å². The zero-order valence-corrected chi connectivity index (χ0v) is 13.0. The van der Waals surface area contributed by atoms with E-state index in [9.17, 15) is 4.79 Å². The summed E-state index contributed by atoms with van der Waals surface area (Å²) in [4.78, 5) is 16.2. The number of carbonyl (C=O) groups is 1. The molecule has 0 aromatic heterocycles. The molecule has 1 unspecified atom stereocenters. The molecular formula is C16H24N2O2. The maximum Gasteiger partial charge on any atom is 0.189 e. The summed E-state index contributed by atoms with van der Waals surface area (Å²) >= 11 is 0. The Morgan fingerprint density at radius 1 is 1.05 bits per heavy atom. The molecule has 20 heavy (non-hydrogen) atoms. The maximum absolute atomic E-state index is 12.4. The Morgan fingerprint density at radius 2 is 1.60 bits per heavy atom. The fourth-order valence-electron chi connectivity index (χ4n) is 1.73. The van der Waals surface area contributed by atoms with Crippen LogP contribution < -0.4 is 0 Å². The highest BCUT2D eigenvalue weighted by atomic mass is 16.5. The van der Waals surface area contributed by atoms with E-state index in [1.54, 1.807) is 0 Å². The number of rotatable bonds is 4. The average molecular weight is 276 g/mol. The summed E-state index contributed by atoms with van der Waals surface area (Å²) in [5.74, 6) is 0.0653. The third-order valence-corrected chi connectivity index (χ3v) is 2.82. The number of carbonyl (C=O) groups excluding carboxylic acids is 1. The molecule has 1 atom stereocenters. The minimum absolute atomic E-state index is 0.0653. The van der Waals surface area contributed by atoms with E-state index in [0.29, 0.717) is 17.8 Å². The number of hydrogen-bond acceptors (Lipinski definition) is 4. The lowest BCUT2D eigenvalue weighted by molar-refractivity contribution is -0.116. The predicted molar refractivity (Wildman–Crippen MR) is 82.2 cm³/mol. The number of ether oxygens (including phenoxy) is 1. The van der Waals surface area contributed by atoms with Gasteiger partial charge < -0.3 is 14.5 Å². The largest absolute Gasteiger partial charge is 0.383 e. The van der Waals surface area contributed by atoms with Gasteiger partial charge >= 0.3 is 0 Å². The summed E-state index contributed by atoms with van der Waals surface area (Å²) in [6, 6.07) is 0. The molecule has 1 rings (SSSR count). The number of nitrogens with zero attached hydrogens (tertiary/aromatic N) is 2. The van der Waals surface area contributed by atoms with Crippen molar-refractivity contribution in [3.05, 3.63) is 47.9 Å². The number of ketones is 1. The molecule has 4 heteroatoms. The van der Waals surface area contributed by atoms with Gasteiger partial charge in [0.05, 0.1) is 12.7 Å². The maximum atomic E-state index is 12.4. The van der Waals surface area contributed by atoms with Crippen LogP contribution in [0.3, 0.4) is 0 Å². The second-order valence-corrected chi connectivity index (χ2v) is 5.21. The average Bonchev–Trinajstić information content (AvgIpc) is 2.35.